The quantitative estimate of drug-likeness (QED) is 0.154. The summed E-state index contributed by atoms with van der Waals surface area (Å²) in [6.07, 6.45) is 0. The van der Waals surface area contributed by atoms with E-state index in [1.807, 2.05) is 66.7 Å². The van der Waals surface area contributed by atoms with E-state index < -0.39 is 0 Å². The maximum atomic E-state index is 4.88. The van der Waals surface area contributed by atoms with Crippen molar-refractivity contribution in [2.45, 2.75) is 0 Å². The number of hydrogen-bond acceptors (Lipinski definition) is 3. The van der Waals surface area contributed by atoms with Gasteiger partial charge in [0, 0.05) is 50.5 Å². The second-order valence-electron chi connectivity index (χ2n) is 15.3. The van der Waals surface area contributed by atoms with Gasteiger partial charge in [0.05, 0.1) is 60.7 Å². The van der Waals surface area contributed by atoms with Gasteiger partial charge in [-0.15, -0.1) is 12.1 Å². The monoisotopic (exact) mass is 872 g/mol. The van der Waals surface area contributed by atoms with Gasteiger partial charge in [-0.25, -0.2) is 15.0 Å². The number of fused-ring (bicyclic) bond motifs is 18. The van der Waals surface area contributed by atoms with E-state index in [2.05, 4.69) is 166 Å². The second kappa shape index (κ2) is 14.1. The Labute approximate surface area is 378 Å². The molecule has 15 rings (SSSR count). The van der Waals surface area contributed by atoms with Crippen molar-refractivity contribution >= 4 is 99.8 Å². The van der Waals surface area contributed by atoms with Gasteiger partial charge in [-0.3, -0.25) is 13.2 Å². The minimum absolute atomic E-state index is 0. The smallest absolute Gasteiger partial charge is 0.220 e. The van der Waals surface area contributed by atoms with E-state index in [0.29, 0.717) is 0 Å². The fourth-order valence-electron chi connectivity index (χ4n) is 9.34. The molecule has 7 aromatic heterocycles. The summed E-state index contributed by atoms with van der Waals surface area (Å²) in [6, 6.07) is 68.9. The predicted octanol–water partition coefficient (Wildman–Crippen LogP) is 11.5. The SMILES string of the molecule is Cn1c2ccccc2n2c3ccccc3nc12.[Y].[c-]1ccccc1-n1c2[c-]cccc2n2c3ccccc3nc12.c1ccc2c(c1)nc1n2c2cccc3c4ccccc4n1c32. The van der Waals surface area contributed by atoms with Crippen molar-refractivity contribution in [2.24, 2.45) is 7.05 Å². The maximum Gasteiger partial charge on any atom is 0.220 e. The summed E-state index contributed by atoms with van der Waals surface area (Å²) >= 11 is 0. The third-order valence-corrected chi connectivity index (χ3v) is 11.9. The molecule has 0 saturated carbocycles. The van der Waals surface area contributed by atoms with Crippen molar-refractivity contribution < 1.29 is 32.7 Å². The van der Waals surface area contributed by atoms with Gasteiger partial charge >= 0.3 is 0 Å². The van der Waals surface area contributed by atoms with Crippen molar-refractivity contribution in [1.29, 1.82) is 0 Å². The summed E-state index contributed by atoms with van der Waals surface area (Å²) in [7, 11) is 2.06. The molecule has 0 unspecified atom stereocenters. The average Bonchev–Trinajstić information content (AvgIpc) is 4.18. The van der Waals surface area contributed by atoms with Gasteiger partial charge in [0.1, 0.15) is 0 Å². The van der Waals surface area contributed by atoms with Crippen LogP contribution < -0.4 is 0 Å². The number of para-hydroxylation sites is 12. The van der Waals surface area contributed by atoms with Crippen molar-refractivity contribution in [3.05, 3.63) is 194 Å². The molecule has 0 spiro atoms. The zero-order valence-corrected chi connectivity index (χ0v) is 36.3. The van der Waals surface area contributed by atoms with Gasteiger partial charge in [-0.05, 0) is 71.7 Å². The summed E-state index contributed by atoms with van der Waals surface area (Å²) in [4.78, 5) is 14.4. The topological polar surface area (TPSA) is 66.2 Å². The first kappa shape index (κ1) is 36.5. The summed E-state index contributed by atoms with van der Waals surface area (Å²) in [5.74, 6) is 2.88. The number of imidazole rings is 6. The summed E-state index contributed by atoms with van der Waals surface area (Å²) in [5.41, 5.74) is 15.7. The molecule has 0 fully saturated rings. The molecule has 7 heterocycles. The number of aromatic nitrogens is 9. The third kappa shape index (κ3) is 5.19. The van der Waals surface area contributed by atoms with E-state index in [0.717, 1.165) is 61.6 Å². The molecule has 10 heteroatoms. The Morgan fingerprint density at radius 2 is 0.871 bits per heavy atom. The molecule has 0 N–H and O–H groups in total. The van der Waals surface area contributed by atoms with Gasteiger partial charge in [0.15, 0.2) is 0 Å². The van der Waals surface area contributed by atoms with Crippen LogP contribution in [0.2, 0.25) is 0 Å². The zero-order valence-electron chi connectivity index (χ0n) is 33.4. The Morgan fingerprint density at radius 3 is 1.56 bits per heavy atom. The molecule has 0 saturated heterocycles. The minimum Gasteiger partial charge on any atom is -0.332 e. The van der Waals surface area contributed by atoms with Gasteiger partial charge in [0.25, 0.3) is 0 Å². The molecule has 1 radical (unpaired) electrons. The first-order valence-electron chi connectivity index (χ1n) is 20.3. The normalized spacial score (nSPS) is 11.8. The molecule has 0 aliphatic carbocycles. The van der Waals surface area contributed by atoms with Gasteiger partial charge < -0.3 is 13.5 Å². The zero-order chi connectivity index (χ0) is 40.2. The van der Waals surface area contributed by atoms with Crippen LogP contribution in [0.4, 0.5) is 0 Å². The van der Waals surface area contributed by atoms with Crippen LogP contribution in [0.25, 0.3) is 106 Å². The number of hydrogen-bond donors (Lipinski definition) is 0. The number of nitrogens with zero attached hydrogens (tertiary/aromatic N) is 9. The number of aryl methyl sites for hydroxylation is 1. The largest absolute Gasteiger partial charge is 0.332 e. The first-order chi connectivity index (χ1) is 30.2. The number of benzene rings is 8. The molecule has 0 bridgehead atoms. The Morgan fingerprint density at radius 1 is 0.371 bits per heavy atom. The van der Waals surface area contributed by atoms with Crippen LogP contribution in [-0.4, -0.2) is 41.7 Å². The maximum absolute atomic E-state index is 4.88. The summed E-state index contributed by atoms with van der Waals surface area (Å²) in [6.45, 7) is 0. The molecule has 0 atom stereocenters. The molecule has 15 aromatic rings. The van der Waals surface area contributed by atoms with E-state index in [1.54, 1.807) is 0 Å². The Balaban J connectivity index is 0.0000000994. The van der Waals surface area contributed by atoms with Crippen LogP contribution in [0, 0.1) is 12.1 Å². The van der Waals surface area contributed by atoms with Crippen LogP contribution in [0.3, 0.4) is 0 Å². The predicted molar refractivity (Wildman–Crippen MR) is 246 cm³/mol. The molecule has 62 heavy (non-hydrogen) atoms. The van der Waals surface area contributed by atoms with Crippen molar-refractivity contribution in [2.75, 3.05) is 0 Å². The van der Waals surface area contributed by atoms with Crippen LogP contribution >= 0.6 is 0 Å². The van der Waals surface area contributed by atoms with Crippen LogP contribution in [0.1, 0.15) is 0 Å². The molecular formula is C52H33N9Y-2. The van der Waals surface area contributed by atoms with Crippen molar-refractivity contribution in [1.82, 2.24) is 41.7 Å². The molecule has 0 aliphatic rings. The van der Waals surface area contributed by atoms with E-state index in [1.165, 1.54) is 43.9 Å². The molecule has 291 valence electrons. The van der Waals surface area contributed by atoms with E-state index in [4.69, 9.17) is 9.97 Å². The van der Waals surface area contributed by atoms with Crippen LogP contribution in [-0.2, 0) is 39.8 Å². The standard InChI is InChI=1S/2C19H11N3.C14H11N3.Y/c1-3-9-15-12(6-1)13-7-5-11-17-18(13)22(15)19-20-14-8-2-4-10-16(14)21(17)19;1-2-8-14(9-3-1)21-17-12-6-7-13-18(17)22-16-11-5-4-10-15(16)20-19(21)22;1-16-12-8-4-5-9-13(12)17-11-7-3-2-6-10(11)15-14(16)17;/h1-11H;1-8,10-11,13H;2-9H,1H3;/q;-2;;. The molecular weight excluding hydrogens is 840 g/mol. The fourth-order valence-corrected chi connectivity index (χ4v) is 9.34. The van der Waals surface area contributed by atoms with Crippen molar-refractivity contribution in [3.63, 3.8) is 0 Å². The van der Waals surface area contributed by atoms with Gasteiger partial charge in [-0.2, -0.15) is 42.5 Å². The fraction of sp³-hybridized carbons (Fsp3) is 0.0192. The van der Waals surface area contributed by atoms with Gasteiger partial charge in [0.2, 0.25) is 17.3 Å². The molecule has 9 nitrogen and oxygen atoms in total. The van der Waals surface area contributed by atoms with Crippen molar-refractivity contribution in [3.8, 4) is 5.69 Å². The Hall–Kier alpha value is -7.33. The summed E-state index contributed by atoms with van der Waals surface area (Å²) in [5, 5.41) is 2.58. The van der Waals surface area contributed by atoms with E-state index in [9.17, 15) is 0 Å². The molecule has 0 amide bonds. The Bertz CT molecular complexity index is 4140. The number of rotatable bonds is 1. The van der Waals surface area contributed by atoms with E-state index in [-0.39, 0.29) is 32.7 Å². The van der Waals surface area contributed by atoms with E-state index >= 15 is 0 Å². The van der Waals surface area contributed by atoms with Crippen LogP contribution in [0.5, 0.6) is 0 Å². The molecule has 0 aliphatic heterocycles. The van der Waals surface area contributed by atoms with Gasteiger partial charge in [-0.1, -0.05) is 84.6 Å². The van der Waals surface area contributed by atoms with Crippen LogP contribution in [0.15, 0.2) is 182 Å². The third-order valence-electron chi connectivity index (χ3n) is 11.9. The first-order valence-corrected chi connectivity index (χ1v) is 20.3. The second-order valence-corrected chi connectivity index (χ2v) is 15.3. The summed E-state index contributed by atoms with van der Waals surface area (Å²) < 4.78 is 13.2. The average molecular weight is 873 g/mol. The Kier molecular flexibility index (Phi) is 8.32. The molecule has 8 aromatic carbocycles. The minimum atomic E-state index is 0.